The zero-order valence-electron chi connectivity index (χ0n) is 11.6. The number of amides is 2. The number of aliphatic carboxylic acids is 1. The molecular weight excluding hydrogens is 264 g/mol. The molecule has 0 radical (unpaired) electrons. The van der Waals surface area contributed by atoms with Gasteiger partial charge in [-0.25, -0.2) is 4.79 Å². The molecule has 20 heavy (non-hydrogen) atoms. The van der Waals surface area contributed by atoms with Crippen molar-refractivity contribution in [3.8, 4) is 0 Å². The molecule has 0 spiro atoms. The van der Waals surface area contributed by atoms with Crippen LogP contribution in [0.5, 0.6) is 0 Å². The third kappa shape index (κ3) is 5.70. The molecule has 1 atom stereocenters. The number of nitrogens with one attached hydrogen (secondary N) is 2. The van der Waals surface area contributed by atoms with Gasteiger partial charge in [-0.15, -0.1) is 0 Å². The number of carbonyl (C=O) groups is 2. The van der Waals surface area contributed by atoms with Crippen LogP contribution < -0.4 is 10.6 Å². The minimum Gasteiger partial charge on any atom is -0.480 e. The summed E-state index contributed by atoms with van der Waals surface area (Å²) >= 11 is 0. The lowest BCUT2D eigenvalue weighted by Gasteiger charge is -2.17. The molecule has 0 aliphatic carbocycles. The lowest BCUT2D eigenvalue weighted by Crippen LogP contribution is -2.40. The highest BCUT2D eigenvalue weighted by atomic mass is 16.5. The van der Waals surface area contributed by atoms with Crippen LogP contribution in [0, 0.1) is 0 Å². The van der Waals surface area contributed by atoms with Gasteiger partial charge in [0.2, 0.25) is 0 Å². The molecule has 0 fully saturated rings. The van der Waals surface area contributed by atoms with Crippen molar-refractivity contribution >= 4 is 17.7 Å². The summed E-state index contributed by atoms with van der Waals surface area (Å²) < 4.78 is 6.26. The van der Waals surface area contributed by atoms with Crippen LogP contribution in [0.1, 0.15) is 19.8 Å². The standard InChI is InChI=1S/C12H20N4O4/c1-3-4-9(8-20-2)14-12(19)15-10-5-13-16(6-10)7-11(17)18/h5-6,9H,3-4,7-8H2,1-2H3,(H,17,18)(H2,14,15,19). The number of hydrogen-bond donors (Lipinski definition) is 3. The molecular formula is C12H20N4O4. The number of urea groups is 1. The van der Waals surface area contributed by atoms with Gasteiger partial charge < -0.3 is 20.5 Å². The van der Waals surface area contributed by atoms with Gasteiger partial charge in [-0.2, -0.15) is 5.10 Å². The first-order valence-corrected chi connectivity index (χ1v) is 6.35. The molecule has 0 aromatic carbocycles. The van der Waals surface area contributed by atoms with E-state index in [0.29, 0.717) is 12.3 Å². The second-order valence-electron chi connectivity index (χ2n) is 4.36. The molecule has 3 N–H and O–H groups in total. The van der Waals surface area contributed by atoms with E-state index < -0.39 is 5.97 Å². The van der Waals surface area contributed by atoms with Gasteiger partial charge in [0.25, 0.3) is 0 Å². The van der Waals surface area contributed by atoms with E-state index >= 15 is 0 Å². The van der Waals surface area contributed by atoms with Gasteiger partial charge in [-0.1, -0.05) is 13.3 Å². The fourth-order valence-corrected chi connectivity index (χ4v) is 1.75. The van der Waals surface area contributed by atoms with Crippen molar-refractivity contribution in [1.29, 1.82) is 0 Å². The number of carboxylic acid groups (broad SMARTS) is 1. The topological polar surface area (TPSA) is 105 Å². The molecule has 1 rings (SSSR count). The van der Waals surface area contributed by atoms with Crippen molar-refractivity contribution < 1.29 is 19.4 Å². The largest absolute Gasteiger partial charge is 0.480 e. The van der Waals surface area contributed by atoms with E-state index in [1.807, 2.05) is 6.92 Å². The Balaban J connectivity index is 2.48. The van der Waals surface area contributed by atoms with E-state index in [4.69, 9.17) is 9.84 Å². The summed E-state index contributed by atoms with van der Waals surface area (Å²) in [4.78, 5) is 22.3. The maximum Gasteiger partial charge on any atom is 0.325 e. The Morgan fingerprint density at radius 1 is 1.55 bits per heavy atom. The number of methoxy groups -OCH3 is 1. The minimum absolute atomic E-state index is 0.0564. The highest BCUT2D eigenvalue weighted by Gasteiger charge is 2.12. The Morgan fingerprint density at radius 3 is 2.90 bits per heavy atom. The van der Waals surface area contributed by atoms with E-state index in [2.05, 4.69) is 15.7 Å². The molecule has 1 unspecified atom stereocenters. The quantitative estimate of drug-likeness (QED) is 0.658. The number of hydrogen-bond acceptors (Lipinski definition) is 4. The number of anilines is 1. The predicted molar refractivity (Wildman–Crippen MR) is 72.6 cm³/mol. The molecule has 0 aliphatic rings. The highest BCUT2D eigenvalue weighted by Crippen LogP contribution is 2.05. The first-order valence-electron chi connectivity index (χ1n) is 6.35. The summed E-state index contributed by atoms with van der Waals surface area (Å²) in [6.45, 7) is 2.23. The lowest BCUT2D eigenvalue weighted by molar-refractivity contribution is -0.137. The average Bonchev–Trinajstić information content (AvgIpc) is 2.75. The molecule has 1 aromatic rings. The van der Waals surface area contributed by atoms with Gasteiger partial charge in [-0.3, -0.25) is 9.48 Å². The Kier molecular flexibility index (Phi) is 6.51. The van der Waals surface area contributed by atoms with Gasteiger partial charge in [0.1, 0.15) is 6.54 Å². The zero-order valence-corrected chi connectivity index (χ0v) is 11.6. The lowest BCUT2D eigenvalue weighted by atomic mass is 10.2. The molecule has 8 nitrogen and oxygen atoms in total. The molecule has 0 aliphatic heterocycles. The number of nitrogens with zero attached hydrogens (tertiary/aromatic N) is 2. The average molecular weight is 284 g/mol. The van der Waals surface area contributed by atoms with Crippen molar-refractivity contribution in [2.45, 2.75) is 32.4 Å². The summed E-state index contributed by atoms with van der Waals surface area (Å²) in [5, 5.41) is 17.8. The number of carbonyl (C=O) groups excluding carboxylic acids is 1. The van der Waals surface area contributed by atoms with Crippen LogP contribution >= 0.6 is 0 Å². The SMILES string of the molecule is CCCC(COC)NC(=O)Nc1cnn(CC(=O)O)c1. The van der Waals surface area contributed by atoms with E-state index in [1.54, 1.807) is 7.11 Å². The smallest absolute Gasteiger partial charge is 0.325 e. The predicted octanol–water partition coefficient (Wildman–Crippen LogP) is 0.904. The van der Waals surface area contributed by atoms with Crippen LogP contribution in [0.3, 0.4) is 0 Å². The Bertz CT molecular complexity index is 440. The van der Waals surface area contributed by atoms with Gasteiger partial charge in [0.05, 0.1) is 24.5 Å². The monoisotopic (exact) mass is 284 g/mol. The highest BCUT2D eigenvalue weighted by molar-refractivity contribution is 5.89. The van der Waals surface area contributed by atoms with Crippen molar-refractivity contribution in [1.82, 2.24) is 15.1 Å². The van der Waals surface area contributed by atoms with Gasteiger partial charge in [0, 0.05) is 13.3 Å². The molecule has 1 aromatic heterocycles. The summed E-state index contributed by atoms with van der Waals surface area (Å²) in [6.07, 6.45) is 4.61. The second-order valence-corrected chi connectivity index (χ2v) is 4.36. The molecule has 8 heteroatoms. The van der Waals surface area contributed by atoms with Crippen molar-refractivity contribution in [3.63, 3.8) is 0 Å². The van der Waals surface area contributed by atoms with Crippen LogP contribution in [0.25, 0.3) is 0 Å². The molecule has 0 saturated carbocycles. The van der Waals surface area contributed by atoms with E-state index in [1.165, 1.54) is 17.1 Å². The third-order valence-corrected chi connectivity index (χ3v) is 2.53. The molecule has 112 valence electrons. The van der Waals surface area contributed by atoms with Gasteiger partial charge in [-0.05, 0) is 6.42 Å². The van der Waals surface area contributed by atoms with E-state index in [0.717, 1.165) is 12.8 Å². The number of carboxylic acids is 1. The number of ether oxygens (including phenoxy) is 1. The Morgan fingerprint density at radius 2 is 2.30 bits per heavy atom. The van der Waals surface area contributed by atoms with Crippen LogP contribution in [0.4, 0.5) is 10.5 Å². The summed E-state index contributed by atoms with van der Waals surface area (Å²) in [5.74, 6) is -0.993. The summed E-state index contributed by atoms with van der Waals surface area (Å²) in [6, 6.07) is -0.422. The normalized spacial score (nSPS) is 11.9. The van der Waals surface area contributed by atoms with E-state index in [-0.39, 0.29) is 18.6 Å². The molecule has 2 amide bonds. The van der Waals surface area contributed by atoms with Crippen molar-refractivity contribution in [3.05, 3.63) is 12.4 Å². The van der Waals surface area contributed by atoms with Crippen LogP contribution in [0.15, 0.2) is 12.4 Å². The summed E-state index contributed by atoms with van der Waals surface area (Å²) in [7, 11) is 1.58. The summed E-state index contributed by atoms with van der Waals surface area (Å²) in [5.41, 5.74) is 0.441. The molecule has 0 bridgehead atoms. The molecule has 1 heterocycles. The van der Waals surface area contributed by atoms with Gasteiger partial charge >= 0.3 is 12.0 Å². The Hall–Kier alpha value is -2.09. The first-order chi connectivity index (χ1) is 9.55. The maximum atomic E-state index is 11.8. The van der Waals surface area contributed by atoms with Crippen LogP contribution in [-0.4, -0.2) is 46.6 Å². The Labute approximate surface area is 117 Å². The van der Waals surface area contributed by atoms with Crippen molar-refractivity contribution in [2.24, 2.45) is 0 Å². The van der Waals surface area contributed by atoms with Crippen LogP contribution in [0.2, 0.25) is 0 Å². The molecule has 0 saturated heterocycles. The first kappa shape index (κ1) is 16.0. The number of aromatic nitrogens is 2. The zero-order chi connectivity index (χ0) is 15.0. The fraction of sp³-hybridized carbons (Fsp3) is 0.583. The third-order valence-electron chi connectivity index (χ3n) is 2.53. The van der Waals surface area contributed by atoms with Gasteiger partial charge in [0.15, 0.2) is 0 Å². The minimum atomic E-state index is -0.993. The second kappa shape index (κ2) is 8.16. The fourth-order valence-electron chi connectivity index (χ4n) is 1.75. The van der Waals surface area contributed by atoms with Crippen molar-refractivity contribution in [2.75, 3.05) is 19.0 Å². The van der Waals surface area contributed by atoms with E-state index in [9.17, 15) is 9.59 Å². The maximum absolute atomic E-state index is 11.8. The van der Waals surface area contributed by atoms with Crippen LogP contribution in [-0.2, 0) is 16.1 Å². The number of rotatable bonds is 8.